The highest BCUT2D eigenvalue weighted by molar-refractivity contribution is 5.32. The van der Waals surface area contributed by atoms with Crippen LogP contribution in [0.4, 0.5) is 23.8 Å². The third kappa shape index (κ3) is 2.94. The number of hydrogen-bond acceptors (Lipinski definition) is 14. The van der Waals surface area contributed by atoms with Crippen LogP contribution in [0.3, 0.4) is 0 Å². The molecule has 0 aliphatic rings. The Kier molecular flexibility index (Phi) is 3.36. The summed E-state index contributed by atoms with van der Waals surface area (Å²) in [6, 6.07) is 0. The number of rotatable bonds is 5. The molecule has 0 aromatic carbocycles. The first-order chi connectivity index (χ1) is 9.56. The zero-order valence-electron chi connectivity index (χ0n) is 9.11. The van der Waals surface area contributed by atoms with Gasteiger partial charge in [0.05, 0.1) is 20.4 Å². The molecule has 0 bridgehead atoms. The van der Waals surface area contributed by atoms with E-state index in [1.54, 1.807) is 0 Å². The van der Waals surface area contributed by atoms with E-state index in [4.69, 9.17) is 0 Å². The summed E-state index contributed by atoms with van der Waals surface area (Å²) >= 11 is 0. The Morgan fingerprint density at radius 2 is 0.950 bits per heavy atom. The predicted molar refractivity (Wildman–Crippen MR) is 55.8 cm³/mol. The molecule has 0 fully saturated rings. The lowest BCUT2D eigenvalue weighted by Crippen LogP contribution is -2.17. The first-order valence-electron chi connectivity index (χ1n) is 4.52. The largest absolute Gasteiger partial charge is 0.513 e. The number of anilines is 2. The second-order valence-corrected chi connectivity index (χ2v) is 2.81. The first kappa shape index (κ1) is 12.7. The number of nitrogens with one attached hydrogen (secondary N) is 2. The maximum absolute atomic E-state index is 10.3. The van der Waals surface area contributed by atoms with Gasteiger partial charge in [-0.05, 0) is 30.2 Å². The Bertz CT molecular complexity index is 567. The van der Waals surface area contributed by atoms with Crippen LogP contribution in [-0.2, 0) is 0 Å². The molecule has 0 atom stereocenters. The molecule has 0 amide bonds. The Morgan fingerprint density at radius 1 is 0.650 bits per heavy atom. The highest BCUT2D eigenvalue weighted by Gasteiger charge is 2.14. The van der Waals surface area contributed by atoms with E-state index in [0.29, 0.717) is 0 Å². The summed E-state index contributed by atoms with van der Waals surface area (Å²) in [7, 11) is 0. The average molecular weight is 282 g/mol. The summed E-state index contributed by atoms with van der Waals surface area (Å²) < 4.78 is 0. The minimum Gasteiger partial charge on any atom is -0.390 e. The van der Waals surface area contributed by atoms with Crippen LogP contribution >= 0.6 is 0 Å². The molecule has 2 aromatic heterocycles. The van der Waals surface area contributed by atoms with Crippen LogP contribution in [0.1, 0.15) is 0 Å². The van der Waals surface area contributed by atoms with Crippen molar-refractivity contribution in [3.63, 3.8) is 0 Å². The highest BCUT2D eigenvalue weighted by Crippen LogP contribution is 2.01. The van der Waals surface area contributed by atoms with Gasteiger partial charge in [0, 0.05) is 0 Å². The van der Waals surface area contributed by atoms with E-state index in [1.165, 1.54) is 0 Å². The molecule has 0 aliphatic carbocycles. The molecule has 2 N–H and O–H groups in total. The molecular weight excluding hydrogens is 280 g/mol. The molecule has 0 radical (unpaired) electrons. The number of nitrogens with zero attached hydrogens (tertiary/aromatic N) is 10. The number of hydrogen-bond donors (Lipinski definition) is 2. The molecule has 2 heterocycles. The topological polar surface area (TPSA) is 213 Å². The van der Waals surface area contributed by atoms with Crippen molar-refractivity contribution in [2.75, 3.05) is 10.9 Å². The van der Waals surface area contributed by atoms with Gasteiger partial charge >= 0.3 is 23.8 Å². The van der Waals surface area contributed by atoms with Crippen LogP contribution in [0.25, 0.3) is 0 Å². The van der Waals surface area contributed by atoms with Gasteiger partial charge in [-0.25, -0.2) is 0 Å². The smallest absolute Gasteiger partial charge is 0.390 e. The molecule has 0 aliphatic heterocycles. The minimum atomic E-state index is -0.871. The molecule has 0 spiro atoms. The van der Waals surface area contributed by atoms with Gasteiger partial charge in [0.25, 0.3) is 0 Å². The molecule has 20 heavy (non-hydrogen) atoms. The predicted octanol–water partition coefficient (Wildman–Crippen LogP) is -1.90. The van der Waals surface area contributed by atoms with Gasteiger partial charge in [-0.1, -0.05) is 0 Å². The van der Waals surface area contributed by atoms with Crippen LogP contribution in [0.5, 0.6) is 0 Å². The summed E-state index contributed by atoms with van der Waals surface area (Å²) in [5.74, 6) is -1.99. The van der Waals surface area contributed by atoms with Gasteiger partial charge in [-0.15, -0.1) is 0 Å². The number of nitro groups is 2. The summed E-state index contributed by atoms with van der Waals surface area (Å²) in [5, 5.41) is 46.3. The third-order valence-corrected chi connectivity index (χ3v) is 1.55. The van der Waals surface area contributed by atoms with E-state index in [1.807, 2.05) is 0 Å². The van der Waals surface area contributed by atoms with E-state index >= 15 is 0 Å². The average Bonchev–Trinajstić information content (AvgIpc) is 2.46. The molecule has 16 nitrogen and oxygen atoms in total. The van der Waals surface area contributed by atoms with Crippen molar-refractivity contribution in [3.05, 3.63) is 20.2 Å². The van der Waals surface area contributed by atoms with E-state index < -0.39 is 21.7 Å². The van der Waals surface area contributed by atoms with Gasteiger partial charge in [0.2, 0.25) is 0 Å². The van der Waals surface area contributed by atoms with Crippen molar-refractivity contribution in [3.8, 4) is 0 Å². The lowest BCUT2D eigenvalue weighted by molar-refractivity contribution is -0.395. The summed E-state index contributed by atoms with van der Waals surface area (Å²) in [6.07, 6.45) is 0. The Morgan fingerprint density at radius 3 is 1.20 bits per heavy atom. The van der Waals surface area contributed by atoms with Crippen molar-refractivity contribution < 1.29 is 9.85 Å². The molecular formula is C4H2N12O4. The Labute approximate surface area is 106 Å². The molecule has 16 heteroatoms. The second-order valence-electron chi connectivity index (χ2n) is 2.81. The number of hydrazine groups is 1. The fourth-order valence-corrected chi connectivity index (χ4v) is 0.806. The molecule has 0 saturated carbocycles. The van der Waals surface area contributed by atoms with Crippen LogP contribution in [0, 0.1) is 20.2 Å². The van der Waals surface area contributed by atoms with Crippen molar-refractivity contribution in [2.45, 2.75) is 0 Å². The molecule has 102 valence electrons. The van der Waals surface area contributed by atoms with E-state index in [-0.39, 0.29) is 11.9 Å². The van der Waals surface area contributed by atoms with Crippen molar-refractivity contribution in [2.24, 2.45) is 0 Å². The van der Waals surface area contributed by atoms with Gasteiger partial charge in [-0.2, -0.15) is 0 Å². The second kappa shape index (κ2) is 5.29. The van der Waals surface area contributed by atoms with E-state index in [0.717, 1.165) is 0 Å². The van der Waals surface area contributed by atoms with Crippen LogP contribution in [0.15, 0.2) is 0 Å². The molecule has 0 saturated heterocycles. The first-order valence-corrected chi connectivity index (χ1v) is 4.52. The molecule has 2 rings (SSSR count). The Hall–Kier alpha value is -3.72. The SMILES string of the molecule is O=[N+]([O-])c1nnc(NNc2nnc([N+](=O)[O-])nn2)nn1. The maximum Gasteiger partial charge on any atom is 0.513 e. The molecule has 2 aromatic rings. The monoisotopic (exact) mass is 282 g/mol. The van der Waals surface area contributed by atoms with Gasteiger partial charge in [-0.3, -0.25) is 10.9 Å². The fraction of sp³-hybridized carbons (Fsp3) is 0. The summed E-state index contributed by atoms with van der Waals surface area (Å²) in [6.45, 7) is 0. The Balaban J connectivity index is 1.97. The van der Waals surface area contributed by atoms with E-state index in [2.05, 4.69) is 51.6 Å². The normalized spacial score (nSPS) is 9.80. The lowest BCUT2D eigenvalue weighted by atomic mass is 11.0. The van der Waals surface area contributed by atoms with Crippen molar-refractivity contribution in [1.29, 1.82) is 0 Å². The summed E-state index contributed by atoms with van der Waals surface area (Å²) in [4.78, 5) is 18.8. The van der Waals surface area contributed by atoms with Crippen LogP contribution in [0.2, 0.25) is 0 Å². The third-order valence-electron chi connectivity index (χ3n) is 1.55. The van der Waals surface area contributed by atoms with Crippen LogP contribution < -0.4 is 10.9 Å². The zero-order chi connectivity index (χ0) is 14.5. The van der Waals surface area contributed by atoms with E-state index in [9.17, 15) is 20.2 Å². The van der Waals surface area contributed by atoms with Crippen molar-refractivity contribution >= 4 is 23.8 Å². The summed E-state index contributed by atoms with van der Waals surface area (Å²) in [5.41, 5.74) is 4.56. The molecule has 0 unspecified atom stereocenters. The standard InChI is InChI=1S/C4H2N12O4/c17-15(18)3-11-7-1(8-12-3)5-6-2-9-13-4(14-10-2)16(19)20/h(H,5,7,8)(H,6,9,10). The van der Waals surface area contributed by atoms with Gasteiger partial charge < -0.3 is 20.2 Å². The van der Waals surface area contributed by atoms with Gasteiger partial charge in [0.15, 0.2) is 0 Å². The highest BCUT2D eigenvalue weighted by atomic mass is 16.6. The number of aromatic nitrogens is 8. The zero-order valence-corrected chi connectivity index (χ0v) is 9.11. The van der Waals surface area contributed by atoms with Gasteiger partial charge in [0.1, 0.15) is 0 Å². The minimum absolute atomic E-state index is 0.224. The fourth-order valence-electron chi connectivity index (χ4n) is 0.806. The van der Waals surface area contributed by atoms with Crippen LogP contribution in [-0.4, -0.2) is 50.6 Å². The quantitative estimate of drug-likeness (QED) is 0.452. The van der Waals surface area contributed by atoms with Crippen molar-refractivity contribution in [1.82, 2.24) is 40.8 Å². The lowest BCUT2D eigenvalue weighted by Gasteiger charge is -1.99. The maximum atomic E-state index is 10.3.